The average Bonchev–Trinajstić information content (AvgIpc) is 3.15. The van der Waals surface area contributed by atoms with Gasteiger partial charge in [0.05, 0.1) is 17.3 Å². The number of nitrogens with one attached hydrogen (secondary N) is 1. The molecule has 0 saturated carbocycles. The first kappa shape index (κ1) is 22.0. The highest BCUT2D eigenvalue weighted by molar-refractivity contribution is 7.91. The predicted molar refractivity (Wildman–Crippen MR) is 118 cm³/mol. The second-order valence-corrected chi connectivity index (χ2v) is 9.90. The molecule has 1 saturated heterocycles. The summed E-state index contributed by atoms with van der Waals surface area (Å²) < 4.78 is 24.8. The molecule has 0 spiro atoms. The first-order chi connectivity index (χ1) is 14.0. The van der Waals surface area contributed by atoms with E-state index in [-0.39, 0.29) is 12.4 Å². The van der Waals surface area contributed by atoms with Crippen LogP contribution in [0.3, 0.4) is 0 Å². The van der Waals surface area contributed by atoms with Gasteiger partial charge in [-0.25, -0.2) is 8.42 Å². The zero-order valence-corrected chi connectivity index (χ0v) is 18.0. The molecule has 0 aliphatic carbocycles. The fourth-order valence-corrected chi connectivity index (χ4v) is 5.04. The molecule has 0 radical (unpaired) electrons. The van der Waals surface area contributed by atoms with E-state index in [1.807, 2.05) is 12.1 Å². The number of benzene rings is 2. The van der Waals surface area contributed by atoms with Gasteiger partial charge in [-0.1, -0.05) is 36.4 Å². The van der Waals surface area contributed by atoms with Gasteiger partial charge in [-0.15, -0.1) is 0 Å². The number of hydrogen-bond acceptors (Lipinski definition) is 5. The van der Waals surface area contributed by atoms with E-state index in [4.69, 9.17) is 5.11 Å². The van der Waals surface area contributed by atoms with E-state index in [1.165, 1.54) is 24.9 Å². The Morgan fingerprint density at radius 2 is 1.69 bits per heavy atom. The topological polar surface area (TPSA) is 69.6 Å². The van der Waals surface area contributed by atoms with Crippen molar-refractivity contribution in [2.24, 2.45) is 0 Å². The number of hydrogen-bond donors (Lipinski definition) is 2. The molecule has 2 aromatic carbocycles. The monoisotopic (exact) mass is 416 g/mol. The van der Waals surface area contributed by atoms with Crippen molar-refractivity contribution in [1.29, 1.82) is 0 Å². The Balaban J connectivity index is 1.58. The Morgan fingerprint density at radius 3 is 2.28 bits per heavy atom. The van der Waals surface area contributed by atoms with Gasteiger partial charge in [0, 0.05) is 25.7 Å². The third-order valence-electron chi connectivity index (χ3n) is 5.72. The highest BCUT2D eigenvalue weighted by Crippen LogP contribution is 2.23. The van der Waals surface area contributed by atoms with Crippen molar-refractivity contribution in [3.05, 3.63) is 54.1 Å². The van der Waals surface area contributed by atoms with Crippen molar-refractivity contribution in [3.8, 4) is 11.1 Å². The third-order valence-corrected chi connectivity index (χ3v) is 7.45. The van der Waals surface area contributed by atoms with Crippen molar-refractivity contribution >= 4 is 9.84 Å². The van der Waals surface area contributed by atoms with Crippen LogP contribution in [0.5, 0.6) is 0 Å². The summed E-state index contributed by atoms with van der Waals surface area (Å²) in [5.41, 5.74) is 3.45. The SMILES string of the molecule is C[C@@H]1CCCN1CCc1ccc(-c2ccc(S(=O)(=O)CCNCCO)cc2)cc1. The van der Waals surface area contributed by atoms with Crippen LogP contribution in [0.4, 0.5) is 0 Å². The first-order valence-corrected chi connectivity index (χ1v) is 12.1. The van der Waals surface area contributed by atoms with Gasteiger partial charge in [-0.2, -0.15) is 0 Å². The maximum absolute atomic E-state index is 12.4. The molecule has 5 nitrogen and oxygen atoms in total. The quantitative estimate of drug-likeness (QED) is 0.583. The van der Waals surface area contributed by atoms with Crippen LogP contribution in [0.25, 0.3) is 11.1 Å². The van der Waals surface area contributed by atoms with Gasteiger partial charge in [-0.05, 0) is 61.6 Å². The Bertz CT molecular complexity index is 864. The van der Waals surface area contributed by atoms with Crippen LogP contribution < -0.4 is 5.32 Å². The van der Waals surface area contributed by atoms with E-state index in [0.717, 1.165) is 24.1 Å². The highest BCUT2D eigenvalue weighted by atomic mass is 32.2. The van der Waals surface area contributed by atoms with Crippen molar-refractivity contribution in [3.63, 3.8) is 0 Å². The van der Waals surface area contributed by atoms with Gasteiger partial charge in [0.25, 0.3) is 0 Å². The fraction of sp³-hybridized carbons (Fsp3) is 0.478. The summed E-state index contributed by atoms with van der Waals surface area (Å²) >= 11 is 0. The summed E-state index contributed by atoms with van der Waals surface area (Å²) in [6.45, 7) is 5.38. The second kappa shape index (κ2) is 10.3. The van der Waals surface area contributed by atoms with Gasteiger partial charge >= 0.3 is 0 Å². The van der Waals surface area contributed by atoms with E-state index >= 15 is 0 Å². The number of nitrogens with zero attached hydrogens (tertiary/aromatic N) is 1. The lowest BCUT2D eigenvalue weighted by molar-refractivity contribution is 0.272. The van der Waals surface area contributed by atoms with Crippen LogP contribution in [0.15, 0.2) is 53.4 Å². The minimum atomic E-state index is -3.32. The van der Waals surface area contributed by atoms with Crippen molar-refractivity contribution in [1.82, 2.24) is 10.2 Å². The summed E-state index contributed by atoms with van der Waals surface area (Å²) in [6.07, 6.45) is 3.68. The molecule has 0 bridgehead atoms. The maximum Gasteiger partial charge on any atom is 0.179 e. The Labute approximate surface area is 174 Å². The van der Waals surface area contributed by atoms with Crippen LogP contribution in [-0.2, 0) is 16.3 Å². The number of aliphatic hydroxyl groups excluding tert-OH is 1. The Kier molecular flexibility index (Phi) is 7.84. The number of rotatable bonds is 10. The van der Waals surface area contributed by atoms with E-state index in [2.05, 4.69) is 41.4 Å². The molecular weight excluding hydrogens is 384 g/mol. The lowest BCUT2D eigenvalue weighted by atomic mass is 10.0. The van der Waals surface area contributed by atoms with E-state index in [1.54, 1.807) is 12.1 Å². The lowest BCUT2D eigenvalue weighted by Gasteiger charge is -2.20. The van der Waals surface area contributed by atoms with E-state index in [0.29, 0.717) is 24.0 Å². The molecule has 2 aromatic rings. The van der Waals surface area contributed by atoms with Crippen LogP contribution in [-0.4, -0.2) is 63.0 Å². The summed E-state index contributed by atoms with van der Waals surface area (Å²) in [6, 6.07) is 16.4. The first-order valence-electron chi connectivity index (χ1n) is 10.5. The number of likely N-dealkylation sites (tertiary alicyclic amines) is 1. The standard InChI is InChI=1S/C23H32N2O3S/c1-19-3-2-15-25(19)16-12-20-4-6-21(7-5-20)22-8-10-23(11-9-22)29(27,28)18-14-24-13-17-26/h4-11,19,24,26H,2-3,12-18H2,1H3/t19-/m1/s1. The molecule has 158 valence electrons. The summed E-state index contributed by atoms with van der Waals surface area (Å²) in [5.74, 6) is 0.0245. The minimum absolute atomic E-state index is 0.00487. The summed E-state index contributed by atoms with van der Waals surface area (Å²) in [7, 11) is -3.32. The molecule has 1 aliphatic rings. The molecule has 1 aliphatic heterocycles. The molecular formula is C23H32N2O3S. The summed E-state index contributed by atoms with van der Waals surface area (Å²) in [4.78, 5) is 2.90. The molecule has 1 fully saturated rings. The van der Waals surface area contributed by atoms with Gasteiger partial charge in [0.15, 0.2) is 9.84 Å². The molecule has 0 amide bonds. The molecule has 3 rings (SSSR count). The second-order valence-electron chi connectivity index (χ2n) is 7.79. The molecule has 2 N–H and O–H groups in total. The average molecular weight is 417 g/mol. The fourth-order valence-electron chi connectivity index (χ4n) is 3.84. The van der Waals surface area contributed by atoms with Gasteiger partial charge in [0.1, 0.15) is 0 Å². The number of sulfone groups is 1. The Morgan fingerprint density at radius 1 is 1.03 bits per heavy atom. The van der Waals surface area contributed by atoms with Crippen LogP contribution in [0, 0.1) is 0 Å². The normalized spacial score (nSPS) is 17.7. The Hall–Kier alpha value is -1.73. The van der Waals surface area contributed by atoms with E-state index < -0.39 is 9.84 Å². The zero-order valence-electron chi connectivity index (χ0n) is 17.2. The summed E-state index contributed by atoms with van der Waals surface area (Å²) in [5, 5.41) is 11.6. The third kappa shape index (κ3) is 6.12. The maximum atomic E-state index is 12.4. The van der Waals surface area contributed by atoms with E-state index in [9.17, 15) is 8.42 Å². The predicted octanol–water partition coefficient (Wildman–Crippen LogP) is 2.74. The zero-order chi connectivity index (χ0) is 20.7. The van der Waals surface area contributed by atoms with Gasteiger partial charge in [0.2, 0.25) is 0 Å². The van der Waals surface area contributed by atoms with Crippen LogP contribution in [0.1, 0.15) is 25.3 Å². The molecule has 0 unspecified atom stereocenters. The van der Waals surface area contributed by atoms with Gasteiger partial charge < -0.3 is 15.3 Å². The van der Waals surface area contributed by atoms with Crippen molar-refractivity contribution < 1.29 is 13.5 Å². The molecule has 6 heteroatoms. The van der Waals surface area contributed by atoms with Gasteiger partial charge in [-0.3, -0.25) is 0 Å². The van der Waals surface area contributed by atoms with Crippen LogP contribution >= 0.6 is 0 Å². The highest BCUT2D eigenvalue weighted by Gasteiger charge is 2.19. The molecule has 29 heavy (non-hydrogen) atoms. The minimum Gasteiger partial charge on any atom is -0.395 e. The molecule has 1 heterocycles. The van der Waals surface area contributed by atoms with Crippen LogP contribution in [0.2, 0.25) is 0 Å². The lowest BCUT2D eigenvalue weighted by Crippen LogP contribution is -2.28. The van der Waals surface area contributed by atoms with Crippen molar-refractivity contribution in [2.75, 3.05) is 38.5 Å². The molecule has 1 atom stereocenters. The van der Waals surface area contributed by atoms with Crippen molar-refractivity contribution in [2.45, 2.75) is 37.1 Å². The molecule has 0 aromatic heterocycles. The smallest absolute Gasteiger partial charge is 0.179 e. The largest absolute Gasteiger partial charge is 0.395 e. The number of aliphatic hydroxyl groups is 1.